The number of rotatable bonds is 8. The summed E-state index contributed by atoms with van der Waals surface area (Å²) >= 11 is 13.3. The van der Waals surface area contributed by atoms with Crippen molar-refractivity contribution in [2.24, 2.45) is 5.73 Å². The lowest BCUT2D eigenvalue weighted by molar-refractivity contribution is -0.143. The number of carbonyl (C=O) groups excluding carboxylic acids is 1. The molecule has 1 amide bonds. The number of aliphatic hydroxyl groups is 2. The van der Waals surface area contributed by atoms with Crippen LogP contribution in [-0.2, 0) is 15.5 Å². The fraction of sp³-hybridized carbons (Fsp3) is 0.300. The first kappa shape index (κ1) is 31.2. The van der Waals surface area contributed by atoms with Crippen LogP contribution in [0.2, 0.25) is 10.0 Å². The number of hydrogen-bond donors (Lipinski definition) is 3. The number of nitrogens with two attached hydrogens (primary N) is 1. The molecule has 0 saturated carbocycles. The van der Waals surface area contributed by atoms with Crippen molar-refractivity contribution in [2.45, 2.75) is 43.1 Å². The van der Waals surface area contributed by atoms with Crippen LogP contribution in [0.4, 0.5) is 0 Å². The third-order valence-electron chi connectivity index (χ3n) is 6.62. The van der Waals surface area contributed by atoms with Crippen molar-refractivity contribution in [1.29, 1.82) is 0 Å². The Morgan fingerprint density at radius 2 is 1.85 bits per heavy atom. The maximum absolute atomic E-state index is 11.7. The zero-order valence-electron chi connectivity index (χ0n) is 22.6. The summed E-state index contributed by atoms with van der Waals surface area (Å²) in [4.78, 5) is 12.7. The Balaban J connectivity index is 0.000000195. The molecule has 1 saturated heterocycles. The van der Waals surface area contributed by atoms with E-state index in [0.717, 1.165) is 21.4 Å². The molecule has 1 fully saturated rings. The highest BCUT2D eigenvalue weighted by atomic mass is 35.5. The summed E-state index contributed by atoms with van der Waals surface area (Å²) in [5.41, 5.74) is 8.99. The highest BCUT2D eigenvalue weighted by molar-refractivity contribution is 7.94. The number of nitrogens with zero attached hydrogens (tertiary/aromatic N) is 1. The fourth-order valence-electron chi connectivity index (χ4n) is 4.33. The van der Waals surface area contributed by atoms with Gasteiger partial charge in [0, 0.05) is 47.7 Å². The van der Waals surface area contributed by atoms with Gasteiger partial charge in [0.1, 0.15) is 18.0 Å². The van der Waals surface area contributed by atoms with Crippen molar-refractivity contribution >= 4 is 52.1 Å². The number of primary amides is 1. The van der Waals surface area contributed by atoms with Crippen LogP contribution in [0.25, 0.3) is 10.9 Å². The molecule has 3 aromatic carbocycles. The Morgan fingerprint density at radius 3 is 2.54 bits per heavy atom. The van der Waals surface area contributed by atoms with Crippen molar-refractivity contribution in [1.82, 2.24) is 4.57 Å². The molecular formula is C30H32Cl2N2O6S. The highest BCUT2D eigenvalue weighted by Gasteiger charge is 2.31. The molecule has 3 unspecified atom stereocenters. The highest BCUT2D eigenvalue weighted by Crippen LogP contribution is 2.28. The second-order valence-electron chi connectivity index (χ2n) is 9.60. The molecule has 41 heavy (non-hydrogen) atoms. The van der Waals surface area contributed by atoms with E-state index in [9.17, 15) is 15.0 Å². The van der Waals surface area contributed by atoms with E-state index in [1.54, 1.807) is 31.5 Å². The van der Waals surface area contributed by atoms with Gasteiger partial charge in [-0.2, -0.15) is 0 Å². The van der Waals surface area contributed by atoms with Crippen molar-refractivity contribution in [2.75, 3.05) is 20.3 Å². The average molecular weight is 620 g/mol. The number of carbonyl (C=O) groups is 1. The maximum atomic E-state index is 11.7. The second-order valence-corrected chi connectivity index (χ2v) is 11.3. The third-order valence-corrected chi connectivity index (χ3v) is 8.08. The number of amides is 1. The van der Waals surface area contributed by atoms with E-state index in [1.165, 1.54) is 17.6 Å². The number of methoxy groups -OCH3 is 1. The maximum Gasteiger partial charge on any atom is 0.250 e. The molecular weight excluding hydrogens is 587 g/mol. The van der Waals surface area contributed by atoms with Crippen molar-refractivity contribution < 1.29 is 28.7 Å². The molecule has 218 valence electrons. The van der Waals surface area contributed by atoms with E-state index in [0.29, 0.717) is 40.9 Å². The van der Waals surface area contributed by atoms with Crippen LogP contribution in [0, 0.1) is 6.92 Å². The first-order valence-electron chi connectivity index (χ1n) is 12.9. The van der Waals surface area contributed by atoms with Crippen molar-refractivity contribution in [3.63, 3.8) is 0 Å². The topological polar surface area (TPSA) is 116 Å². The molecule has 5 rings (SSSR count). The third kappa shape index (κ3) is 8.17. The molecule has 1 aliphatic heterocycles. The van der Waals surface area contributed by atoms with Gasteiger partial charge in [0.25, 0.3) is 5.91 Å². The van der Waals surface area contributed by atoms with Gasteiger partial charge in [0.15, 0.2) is 0 Å². The number of fused-ring (bicyclic) bond motifs is 1. The van der Waals surface area contributed by atoms with E-state index in [4.69, 9.17) is 42.6 Å². The second kappa shape index (κ2) is 14.4. The van der Waals surface area contributed by atoms with Gasteiger partial charge in [-0.3, -0.25) is 4.79 Å². The molecule has 1 aliphatic rings. The Labute approximate surface area is 253 Å². The quantitative estimate of drug-likeness (QED) is 0.219. The van der Waals surface area contributed by atoms with Crippen LogP contribution in [0.15, 0.2) is 71.8 Å². The van der Waals surface area contributed by atoms with Gasteiger partial charge >= 0.3 is 0 Å². The SMILES string of the molecule is COc1ccc2c(C(N)=O)cn(Cc3ccc(Cl)c(Cl)c3)c2c1.Cc1ccc(SOCC2OCCC(O)C2O)cc1. The molecule has 11 heteroatoms. The first-order chi connectivity index (χ1) is 19.7. The normalized spacial score (nSPS) is 18.5. The molecule has 0 radical (unpaired) electrons. The van der Waals surface area contributed by atoms with Gasteiger partial charge in [-0.05, 0) is 55.3 Å². The Kier molecular flexibility index (Phi) is 11.0. The van der Waals surface area contributed by atoms with Gasteiger partial charge in [-0.1, -0.05) is 47.0 Å². The number of ether oxygens (including phenoxy) is 2. The lowest BCUT2D eigenvalue weighted by Gasteiger charge is -2.31. The van der Waals surface area contributed by atoms with Gasteiger partial charge in [-0.15, -0.1) is 0 Å². The summed E-state index contributed by atoms with van der Waals surface area (Å²) in [5.74, 6) is 0.245. The fourth-order valence-corrected chi connectivity index (χ4v) is 5.23. The first-order valence-corrected chi connectivity index (χ1v) is 14.4. The van der Waals surface area contributed by atoms with Gasteiger partial charge in [0.05, 0.1) is 40.9 Å². The predicted molar refractivity (Wildman–Crippen MR) is 162 cm³/mol. The summed E-state index contributed by atoms with van der Waals surface area (Å²) in [5, 5.41) is 21.0. The van der Waals surface area contributed by atoms with E-state index in [2.05, 4.69) is 0 Å². The van der Waals surface area contributed by atoms with Gasteiger partial charge < -0.3 is 34.2 Å². The molecule has 8 nitrogen and oxygen atoms in total. The average Bonchev–Trinajstić information content (AvgIpc) is 3.32. The minimum atomic E-state index is -0.864. The Bertz CT molecular complexity index is 1480. The van der Waals surface area contributed by atoms with E-state index in [1.807, 2.05) is 54.0 Å². The van der Waals surface area contributed by atoms with Crippen LogP contribution >= 0.6 is 35.2 Å². The van der Waals surface area contributed by atoms with E-state index < -0.39 is 24.2 Å². The summed E-state index contributed by atoms with van der Waals surface area (Å²) in [7, 11) is 1.60. The summed E-state index contributed by atoms with van der Waals surface area (Å²) in [6.07, 6.45) is 0.193. The largest absolute Gasteiger partial charge is 0.497 e. The summed E-state index contributed by atoms with van der Waals surface area (Å²) in [6, 6.07) is 18.9. The number of hydrogen-bond acceptors (Lipinski definition) is 7. The predicted octanol–water partition coefficient (Wildman–Crippen LogP) is 5.63. The van der Waals surface area contributed by atoms with E-state index >= 15 is 0 Å². The van der Waals surface area contributed by atoms with Gasteiger partial charge in [-0.25, -0.2) is 0 Å². The van der Waals surface area contributed by atoms with Crippen LogP contribution in [-0.4, -0.2) is 59.3 Å². The zero-order chi connectivity index (χ0) is 29.5. The van der Waals surface area contributed by atoms with Crippen molar-refractivity contribution in [3.05, 3.63) is 93.6 Å². The Hall–Kier alpha value is -2.76. The molecule has 0 aliphatic carbocycles. The minimum absolute atomic E-state index is 0.261. The molecule has 2 heterocycles. The number of aromatic nitrogens is 1. The smallest absolute Gasteiger partial charge is 0.250 e. The molecule has 0 bridgehead atoms. The van der Waals surface area contributed by atoms with Gasteiger partial charge in [0.2, 0.25) is 0 Å². The number of benzene rings is 3. The monoisotopic (exact) mass is 618 g/mol. The molecule has 4 aromatic rings. The number of aryl methyl sites for hydroxylation is 1. The zero-order valence-corrected chi connectivity index (χ0v) is 25.0. The molecule has 1 aromatic heterocycles. The van der Waals surface area contributed by atoms with Crippen LogP contribution in [0.5, 0.6) is 5.75 Å². The molecule has 4 N–H and O–H groups in total. The molecule has 0 spiro atoms. The van der Waals surface area contributed by atoms with E-state index in [-0.39, 0.29) is 6.61 Å². The van der Waals surface area contributed by atoms with Crippen molar-refractivity contribution in [3.8, 4) is 5.75 Å². The lowest BCUT2D eigenvalue weighted by Crippen LogP contribution is -2.46. The lowest BCUT2D eigenvalue weighted by atomic mass is 10.0. The summed E-state index contributed by atoms with van der Waals surface area (Å²) < 4.78 is 18.0. The number of aliphatic hydroxyl groups excluding tert-OH is 2. The molecule has 3 atom stereocenters. The Morgan fingerprint density at radius 1 is 1.10 bits per heavy atom. The van der Waals surface area contributed by atoms with Crippen LogP contribution in [0.1, 0.15) is 27.9 Å². The standard InChI is InChI=1S/C17H14Cl2N2O2.C13H18O4S/c1-23-11-3-4-12-13(17(20)22)9-21(16(12)7-11)8-10-2-5-14(18)15(19)6-10;1-9-2-4-10(5-3-9)18-17-8-12-13(15)11(14)6-7-16-12/h2-7,9H,8H2,1H3,(H2,20,22);2-5,11-15H,6-8H2,1H3. The van der Waals surface area contributed by atoms with Crippen LogP contribution < -0.4 is 10.5 Å². The van der Waals surface area contributed by atoms with Crippen LogP contribution in [0.3, 0.4) is 0 Å². The number of halogens is 2. The minimum Gasteiger partial charge on any atom is -0.497 e. The summed E-state index contributed by atoms with van der Waals surface area (Å²) in [6.45, 7) is 3.29.